The molecule has 2 heterocycles. The molecule has 0 amide bonds. The molecule has 0 bridgehead atoms. The Labute approximate surface area is 166 Å². The molecule has 0 spiro atoms. The molecule has 2 N–H and O–H groups in total. The van der Waals surface area contributed by atoms with Crippen LogP contribution in [-0.2, 0) is 11.3 Å². The molecule has 2 aliphatic rings. The minimum absolute atomic E-state index is 0. The molecular weight excluding hydrogens is 434 g/mol. The molecule has 2 saturated heterocycles. The summed E-state index contributed by atoms with van der Waals surface area (Å²) in [5.41, 5.74) is 0.862. The van der Waals surface area contributed by atoms with Gasteiger partial charge in [-0.3, -0.25) is 4.90 Å². The molecule has 0 radical (unpaired) electrons. The highest BCUT2D eigenvalue weighted by Crippen LogP contribution is 2.22. The first-order valence-corrected chi connectivity index (χ1v) is 8.87. The smallest absolute Gasteiger partial charge is 0.191 e. The lowest BCUT2D eigenvalue weighted by atomic mass is 10.2. The van der Waals surface area contributed by atoms with Gasteiger partial charge in [0.05, 0.1) is 19.3 Å². The van der Waals surface area contributed by atoms with E-state index < -0.39 is 0 Å². The van der Waals surface area contributed by atoms with Gasteiger partial charge in [0.15, 0.2) is 5.96 Å². The lowest BCUT2D eigenvalue weighted by Gasteiger charge is -2.35. The number of aliphatic imine (C=N–C) groups is 1. The van der Waals surface area contributed by atoms with Crippen molar-refractivity contribution in [2.24, 2.45) is 4.99 Å². The molecule has 25 heavy (non-hydrogen) atoms. The summed E-state index contributed by atoms with van der Waals surface area (Å²) in [7, 11) is 0. The molecular formula is C18H28FIN4O. The molecule has 3 rings (SSSR count). The SMILES string of the molecule is CCNC(=NCc1cccc(F)c1)NCC1CN2CCCC2CO1.I. The summed E-state index contributed by atoms with van der Waals surface area (Å²) in [6, 6.07) is 7.18. The second-order valence-corrected chi connectivity index (χ2v) is 6.45. The van der Waals surface area contributed by atoms with Crippen molar-refractivity contribution in [2.75, 3.05) is 32.8 Å². The number of rotatable bonds is 5. The van der Waals surface area contributed by atoms with Gasteiger partial charge in [0.2, 0.25) is 0 Å². The van der Waals surface area contributed by atoms with E-state index in [1.165, 1.54) is 31.5 Å². The van der Waals surface area contributed by atoms with Crippen molar-refractivity contribution < 1.29 is 9.13 Å². The molecule has 2 unspecified atom stereocenters. The summed E-state index contributed by atoms with van der Waals surface area (Å²) >= 11 is 0. The number of morpholine rings is 1. The van der Waals surface area contributed by atoms with E-state index in [0.717, 1.165) is 37.8 Å². The lowest BCUT2D eigenvalue weighted by Crippen LogP contribution is -2.51. The quantitative estimate of drug-likeness (QED) is 0.401. The minimum atomic E-state index is -0.226. The molecule has 0 aliphatic carbocycles. The number of nitrogens with one attached hydrogen (secondary N) is 2. The number of hydrogen-bond donors (Lipinski definition) is 2. The van der Waals surface area contributed by atoms with Crippen LogP contribution in [0.25, 0.3) is 0 Å². The zero-order chi connectivity index (χ0) is 16.8. The topological polar surface area (TPSA) is 48.9 Å². The van der Waals surface area contributed by atoms with Crippen molar-refractivity contribution in [3.05, 3.63) is 35.6 Å². The molecule has 7 heteroatoms. The Balaban J connectivity index is 0.00000225. The van der Waals surface area contributed by atoms with Crippen LogP contribution in [0.3, 0.4) is 0 Å². The maximum atomic E-state index is 13.2. The molecule has 1 aromatic rings. The largest absolute Gasteiger partial charge is 0.373 e. The van der Waals surface area contributed by atoms with Crippen LogP contribution in [0.15, 0.2) is 29.3 Å². The third-order valence-electron chi connectivity index (χ3n) is 4.61. The highest BCUT2D eigenvalue weighted by atomic mass is 127. The van der Waals surface area contributed by atoms with Gasteiger partial charge >= 0.3 is 0 Å². The zero-order valence-electron chi connectivity index (χ0n) is 14.7. The Morgan fingerprint density at radius 1 is 1.40 bits per heavy atom. The third kappa shape index (κ3) is 6.07. The summed E-state index contributed by atoms with van der Waals surface area (Å²) in [4.78, 5) is 7.07. The first-order valence-electron chi connectivity index (χ1n) is 8.87. The number of benzene rings is 1. The lowest BCUT2D eigenvalue weighted by molar-refractivity contribution is -0.0453. The molecule has 5 nitrogen and oxygen atoms in total. The first kappa shape index (κ1) is 20.4. The van der Waals surface area contributed by atoms with Crippen LogP contribution in [0.4, 0.5) is 4.39 Å². The molecule has 2 atom stereocenters. The Morgan fingerprint density at radius 2 is 2.28 bits per heavy atom. The molecule has 0 saturated carbocycles. The fourth-order valence-corrected chi connectivity index (χ4v) is 3.37. The zero-order valence-corrected chi connectivity index (χ0v) is 17.0. The second-order valence-electron chi connectivity index (χ2n) is 6.45. The van der Waals surface area contributed by atoms with Crippen molar-refractivity contribution in [1.29, 1.82) is 0 Å². The van der Waals surface area contributed by atoms with Crippen LogP contribution in [0.5, 0.6) is 0 Å². The normalized spacial score (nSPS) is 23.7. The highest BCUT2D eigenvalue weighted by molar-refractivity contribution is 14.0. The third-order valence-corrected chi connectivity index (χ3v) is 4.61. The molecule has 0 aromatic heterocycles. The number of nitrogens with zero attached hydrogens (tertiary/aromatic N) is 2. The molecule has 2 aliphatic heterocycles. The van der Waals surface area contributed by atoms with Crippen molar-refractivity contribution in [1.82, 2.24) is 15.5 Å². The van der Waals surface area contributed by atoms with Crippen LogP contribution in [0.2, 0.25) is 0 Å². The van der Waals surface area contributed by atoms with Crippen LogP contribution in [0.1, 0.15) is 25.3 Å². The van der Waals surface area contributed by atoms with Crippen molar-refractivity contribution in [3.8, 4) is 0 Å². The summed E-state index contributed by atoms with van der Waals surface area (Å²) < 4.78 is 19.2. The maximum Gasteiger partial charge on any atom is 0.191 e. The van der Waals surface area contributed by atoms with E-state index in [1.807, 2.05) is 13.0 Å². The molecule has 140 valence electrons. The highest BCUT2D eigenvalue weighted by Gasteiger charge is 2.32. The number of hydrogen-bond acceptors (Lipinski definition) is 3. The van der Waals surface area contributed by atoms with E-state index in [9.17, 15) is 4.39 Å². The fraction of sp³-hybridized carbons (Fsp3) is 0.611. The monoisotopic (exact) mass is 462 g/mol. The minimum Gasteiger partial charge on any atom is -0.373 e. The summed E-state index contributed by atoms with van der Waals surface area (Å²) in [5.74, 6) is 0.519. The van der Waals surface area contributed by atoms with Gasteiger partial charge in [-0.25, -0.2) is 9.38 Å². The van der Waals surface area contributed by atoms with Gasteiger partial charge in [-0.2, -0.15) is 0 Å². The van der Waals surface area contributed by atoms with Crippen LogP contribution in [-0.4, -0.2) is 55.8 Å². The van der Waals surface area contributed by atoms with Gasteiger partial charge in [0, 0.05) is 25.7 Å². The number of fused-ring (bicyclic) bond motifs is 1. The van der Waals surface area contributed by atoms with Gasteiger partial charge in [-0.15, -0.1) is 24.0 Å². The van der Waals surface area contributed by atoms with E-state index in [4.69, 9.17) is 4.74 Å². The fourth-order valence-electron chi connectivity index (χ4n) is 3.37. The molecule has 1 aromatic carbocycles. The Morgan fingerprint density at radius 3 is 3.08 bits per heavy atom. The number of ether oxygens (including phenoxy) is 1. The van der Waals surface area contributed by atoms with E-state index >= 15 is 0 Å². The molecule has 2 fully saturated rings. The van der Waals surface area contributed by atoms with Crippen molar-refractivity contribution >= 4 is 29.9 Å². The van der Waals surface area contributed by atoms with Gasteiger partial charge < -0.3 is 15.4 Å². The van der Waals surface area contributed by atoms with Gasteiger partial charge in [0.1, 0.15) is 5.82 Å². The predicted molar refractivity (Wildman–Crippen MR) is 109 cm³/mol. The summed E-state index contributed by atoms with van der Waals surface area (Å²) in [5, 5.41) is 6.58. The number of halogens is 2. The van der Waals surface area contributed by atoms with Gasteiger partial charge in [-0.1, -0.05) is 12.1 Å². The van der Waals surface area contributed by atoms with Crippen LogP contribution >= 0.6 is 24.0 Å². The number of guanidine groups is 1. The van der Waals surface area contributed by atoms with Crippen LogP contribution in [0, 0.1) is 5.82 Å². The summed E-state index contributed by atoms with van der Waals surface area (Å²) in [6.45, 7) is 7.02. The van der Waals surface area contributed by atoms with Gasteiger partial charge in [0.25, 0.3) is 0 Å². The van der Waals surface area contributed by atoms with E-state index in [1.54, 1.807) is 6.07 Å². The predicted octanol–water partition coefficient (Wildman–Crippen LogP) is 2.36. The Kier molecular flexibility index (Phi) is 8.38. The average Bonchev–Trinajstić information content (AvgIpc) is 3.05. The standard InChI is InChI=1S/C18H27FN4O.HI/c1-2-20-18(21-10-14-5-3-6-15(19)9-14)22-11-17-12-23-8-4-7-16(23)13-24-17;/h3,5-6,9,16-17H,2,4,7-8,10-13H2,1H3,(H2,20,21,22);1H. The first-order chi connectivity index (χ1) is 11.7. The van der Waals surface area contributed by atoms with Crippen molar-refractivity contribution in [2.45, 2.75) is 38.5 Å². The van der Waals surface area contributed by atoms with Gasteiger partial charge in [-0.05, 0) is 44.0 Å². The van der Waals surface area contributed by atoms with Crippen molar-refractivity contribution in [3.63, 3.8) is 0 Å². The second kappa shape index (κ2) is 10.3. The Bertz CT molecular complexity index is 572. The maximum absolute atomic E-state index is 13.2. The van der Waals surface area contributed by atoms with Crippen LogP contribution < -0.4 is 10.6 Å². The summed E-state index contributed by atoms with van der Waals surface area (Å²) in [6.07, 6.45) is 2.74. The van der Waals surface area contributed by atoms with E-state index in [-0.39, 0.29) is 35.9 Å². The average molecular weight is 462 g/mol. The Hall–Kier alpha value is -0.930. The van der Waals surface area contributed by atoms with E-state index in [0.29, 0.717) is 12.6 Å². The van der Waals surface area contributed by atoms with E-state index in [2.05, 4.69) is 20.5 Å².